The molecule has 16 heavy (non-hydrogen) atoms. The van der Waals surface area contributed by atoms with Gasteiger partial charge in [-0.1, -0.05) is 0 Å². The van der Waals surface area contributed by atoms with Gasteiger partial charge in [-0.15, -0.1) is 0 Å². The SMILES string of the molecule is CNC(C(=O)O)C(=O)c1ccc(F)c(C)c1. The molecule has 0 aliphatic heterocycles. The third-order valence-electron chi connectivity index (χ3n) is 2.24. The highest BCUT2D eigenvalue weighted by atomic mass is 19.1. The lowest BCUT2D eigenvalue weighted by atomic mass is 10.0. The van der Waals surface area contributed by atoms with E-state index in [-0.39, 0.29) is 5.56 Å². The Balaban J connectivity index is 3.04. The van der Waals surface area contributed by atoms with Crippen molar-refractivity contribution in [3.05, 3.63) is 35.1 Å². The minimum absolute atomic E-state index is 0.181. The van der Waals surface area contributed by atoms with Crippen molar-refractivity contribution in [1.29, 1.82) is 0 Å². The molecular weight excluding hydrogens is 213 g/mol. The Morgan fingerprint density at radius 2 is 2.06 bits per heavy atom. The number of carboxylic acids is 1. The van der Waals surface area contributed by atoms with Crippen LogP contribution in [0.25, 0.3) is 0 Å². The molecule has 0 fully saturated rings. The quantitative estimate of drug-likeness (QED) is 0.592. The van der Waals surface area contributed by atoms with Gasteiger partial charge in [0, 0.05) is 5.56 Å². The predicted octanol–water partition coefficient (Wildman–Crippen LogP) is 0.989. The first kappa shape index (κ1) is 12.3. The summed E-state index contributed by atoms with van der Waals surface area (Å²) < 4.78 is 13.0. The van der Waals surface area contributed by atoms with Gasteiger partial charge in [0.1, 0.15) is 5.82 Å². The molecule has 1 rings (SSSR count). The minimum atomic E-state index is -1.30. The first-order valence-electron chi connectivity index (χ1n) is 4.67. The number of aliphatic carboxylic acids is 1. The number of ketones is 1. The average molecular weight is 225 g/mol. The Morgan fingerprint density at radius 1 is 1.44 bits per heavy atom. The molecule has 1 aromatic rings. The van der Waals surface area contributed by atoms with E-state index in [9.17, 15) is 14.0 Å². The summed E-state index contributed by atoms with van der Waals surface area (Å²) in [5, 5.41) is 11.2. The van der Waals surface area contributed by atoms with Gasteiger partial charge < -0.3 is 10.4 Å². The van der Waals surface area contributed by atoms with E-state index in [2.05, 4.69) is 5.32 Å². The Bertz CT molecular complexity index is 431. The fraction of sp³-hybridized carbons (Fsp3) is 0.273. The number of Topliss-reactive ketones (excluding diaryl/α,β-unsaturated/α-hetero) is 1. The Hall–Kier alpha value is -1.75. The van der Waals surface area contributed by atoms with E-state index in [0.717, 1.165) is 6.07 Å². The third kappa shape index (κ3) is 2.43. The van der Waals surface area contributed by atoms with Crippen LogP contribution in [-0.2, 0) is 4.79 Å². The molecule has 0 radical (unpaired) electrons. The fourth-order valence-electron chi connectivity index (χ4n) is 1.33. The predicted molar refractivity (Wildman–Crippen MR) is 56.0 cm³/mol. The van der Waals surface area contributed by atoms with Gasteiger partial charge in [-0.25, -0.2) is 4.39 Å². The molecule has 4 nitrogen and oxygen atoms in total. The fourth-order valence-corrected chi connectivity index (χ4v) is 1.33. The molecule has 0 aliphatic rings. The van der Waals surface area contributed by atoms with Crippen LogP contribution in [0, 0.1) is 12.7 Å². The largest absolute Gasteiger partial charge is 0.480 e. The lowest BCUT2D eigenvalue weighted by Gasteiger charge is -2.10. The lowest BCUT2D eigenvalue weighted by molar-refractivity contribution is -0.137. The Labute approximate surface area is 92.1 Å². The number of rotatable bonds is 4. The smallest absolute Gasteiger partial charge is 0.328 e. The van der Waals surface area contributed by atoms with Gasteiger partial charge in [-0.2, -0.15) is 0 Å². The molecule has 0 aliphatic carbocycles. The van der Waals surface area contributed by atoms with Gasteiger partial charge in [-0.3, -0.25) is 9.59 Å². The van der Waals surface area contributed by atoms with Crippen molar-refractivity contribution in [1.82, 2.24) is 5.32 Å². The molecule has 0 amide bonds. The maximum absolute atomic E-state index is 13.0. The molecule has 0 heterocycles. The van der Waals surface area contributed by atoms with Crippen LogP contribution in [0.2, 0.25) is 0 Å². The van der Waals surface area contributed by atoms with Crippen LogP contribution in [0.3, 0.4) is 0 Å². The third-order valence-corrected chi connectivity index (χ3v) is 2.24. The summed E-state index contributed by atoms with van der Waals surface area (Å²) in [6, 6.07) is 2.46. The molecule has 2 N–H and O–H groups in total. The number of likely N-dealkylation sites (N-methyl/N-ethyl adjacent to an activating group) is 1. The van der Waals surface area contributed by atoms with Gasteiger partial charge in [0.2, 0.25) is 0 Å². The zero-order valence-corrected chi connectivity index (χ0v) is 8.95. The topological polar surface area (TPSA) is 66.4 Å². The van der Waals surface area contributed by atoms with E-state index in [1.165, 1.54) is 26.1 Å². The average Bonchev–Trinajstić information content (AvgIpc) is 2.22. The maximum atomic E-state index is 13.0. The second-order valence-electron chi connectivity index (χ2n) is 3.39. The number of carbonyl (C=O) groups is 2. The van der Waals surface area contributed by atoms with Crippen LogP contribution in [0.15, 0.2) is 18.2 Å². The van der Waals surface area contributed by atoms with Gasteiger partial charge >= 0.3 is 5.97 Å². The molecule has 86 valence electrons. The molecule has 1 atom stereocenters. The van der Waals surface area contributed by atoms with Crippen molar-refractivity contribution in [2.45, 2.75) is 13.0 Å². The monoisotopic (exact) mass is 225 g/mol. The van der Waals surface area contributed by atoms with Gasteiger partial charge in [0.25, 0.3) is 0 Å². The van der Waals surface area contributed by atoms with Gasteiger partial charge in [0.15, 0.2) is 11.8 Å². The van der Waals surface area contributed by atoms with Gasteiger partial charge in [-0.05, 0) is 37.7 Å². The maximum Gasteiger partial charge on any atom is 0.328 e. The lowest BCUT2D eigenvalue weighted by Crippen LogP contribution is -2.41. The Morgan fingerprint density at radius 3 is 2.50 bits per heavy atom. The van der Waals surface area contributed by atoms with Crippen LogP contribution in [0.5, 0.6) is 0 Å². The van der Waals surface area contributed by atoms with E-state index in [1.807, 2.05) is 0 Å². The number of halogens is 1. The van der Waals surface area contributed by atoms with E-state index >= 15 is 0 Å². The molecule has 0 bridgehead atoms. The number of carboxylic acid groups (broad SMARTS) is 1. The number of carbonyl (C=O) groups excluding carboxylic acids is 1. The standard InChI is InChI=1S/C11H12FNO3/c1-6-5-7(3-4-8(6)12)10(14)9(13-2)11(15)16/h3-5,9,13H,1-2H3,(H,15,16). The van der Waals surface area contributed by atoms with E-state index < -0.39 is 23.6 Å². The molecule has 0 saturated carbocycles. The highest BCUT2D eigenvalue weighted by molar-refractivity contribution is 6.11. The van der Waals surface area contributed by atoms with E-state index in [4.69, 9.17) is 5.11 Å². The number of nitrogens with one attached hydrogen (secondary N) is 1. The number of benzene rings is 1. The summed E-state index contributed by atoms with van der Waals surface area (Å²) in [6.45, 7) is 1.52. The number of aryl methyl sites for hydroxylation is 1. The number of hydrogen-bond donors (Lipinski definition) is 2. The summed E-state index contributed by atoms with van der Waals surface area (Å²) in [5.74, 6) is -2.26. The highest BCUT2D eigenvalue weighted by Gasteiger charge is 2.25. The molecule has 0 aromatic heterocycles. The second-order valence-corrected chi connectivity index (χ2v) is 3.39. The summed E-state index contributed by atoms with van der Waals surface area (Å²) in [7, 11) is 1.38. The van der Waals surface area contributed by atoms with Crippen molar-refractivity contribution < 1.29 is 19.1 Å². The zero-order chi connectivity index (χ0) is 12.3. The zero-order valence-electron chi connectivity index (χ0n) is 8.95. The van der Waals surface area contributed by atoms with Crippen molar-refractivity contribution in [3.63, 3.8) is 0 Å². The summed E-state index contributed by atoms with van der Waals surface area (Å²) in [4.78, 5) is 22.5. The summed E-state index contributed by atoms with van der Waals surface area (Å²) in [6.07, 6.45) is 0. The molecule has 0 spiro atoms. The van der Waals surface area contributed by atoms with Crippen molar-refractivity contribution in [2.75, 3.05) is 7.05 Å². The number of hydrogen-bond acceptors (Lipinski definition) is 3. The molecule has 1 aromatic carbocycles. The first-order chi connectivity index (χ1) is 7.47. The van der Waals surface area contributed by atoms with E-state index in [1.54, 1.807) is 0 Å². The minimum Gasteiger partial charge on any atom is -0.480 e. The summed E-state index contributed by atoms with van der Waals surface area (Å²) in [5.41, 5.74) is 0.492. The summed E-state index contributed by atoms with van der Waals surface area (Å²) >= 11 is 0. The van der Waals surface area contributed by atoms with Crippen LogP contribution in [-0.4, -0.2) is 29.9 Å². The highest BCUT2D eigenvalue weighted by Crippen LogP contribution is 2.11. The van der Waals surface area contributed by atoms with Crippen LogP contribution in [0.4, 0.5) is 4.39 Å². The van der Waals surface area contributed by atoms with Gasteiger partial charge in [0.05, 0.1) is 0 Å². The molecule has 5 heteroatoms. The second kappa shape index (κ2) is 4.85. The molecular formula is C11H12FNO3. The van der Waals surface area contributed by atoms with Crippen molar-refractivity contribution in [2.24, 2.45) is 0 Å². The van der Waals surface area contributed by atoms with Crippen LogP contribution >= 0.6 is 0 Å². The van der Waals surface area contributed by atoms with E-state index in [0.29, 0.717) is 5.56 Å². The van der Waals surface area contributed by atoms with Crippen LogP contribution < -0.4 is 5.32 Å². The van der Waals surface area contributed by atoms with Crippen molar-refractivity contribution >= 4 is 11.8 Å². The normalized spacial score (nSPS) is 12.2. The van der Waals surface area contributed by atoms with Crippen molar-refractivity contribution in [3.8, 4) is 0 Å². The molecule has 0 saturated heterocycles. The molecule has 1 unspecified atom stereocenters. The van der Waals surface area contributed by atoms with Crippen LogP contribution in [0.1, 0.15) is 15.9 Å². The first-order valence-corrected chi connectivity index (χ1v) is 4.67. The Kier molecular flexibility index (Phi) is 3.73.